The molecule has 1 aromatic heterocycles. The number of nitrogens with one attached hydrogen (secondary N) is 1. The summed E-state index contributed by atoms with van der Waals surface area (Å²) in [5, 5.41) is 6.90. The Morgan fingerprint density at radius 1 is 0.927 bits per heavy atom. The first-order valence-corrected chi connectivity index (χ1v) is 14.5. The maximum Gasteiger partial charge on any atom is 0.281 e. The fourth-order valence-corrected chi connectivity index (χ4v) is 6.36. The highest BCUT2D eigenvalue weighted by molar-refractivity contribution is 7.88. The molecule has 0 bridgehead atoms. The molecule has 0 spiro atoms. The third kappa shape index (κ3) is 6.34. The molecule has 0 radical (unpaired) electrons. The molecule has 1 fully saturated rings. The summed E-state index contributed by atoms with van der Waals surface area (Å²) in [7, 11) is -3.57. The highest BCUT2D eigenvalue weighted by Gasteiger charge is 2.29. The Balaban J connectivity index is 1.51. The highest BCUT2D eigenvalue weighted by atomic mass is 32.2. The average molecular weight is 580 g/mol. The lowest BCUT2D eigenvalue weighted by Gasteiger charge is -2.36. The van der Waals surface area contributed by atoms with E-state index in [0.717, 1.165) is 16.8 Å². The fourth-order valence-electron chi connectivity index (χ4n) is 4.84. The second kappa shape index (κ2) is 11.6. The van der Waals surface area contributed by atoms with Gasteiger partial charge in [0.05, 0.1) is 28.9 Å². The van der Waals surface area contributed by atoms with Crippen LogP contribution >= 0.6 is 0 Å². The number of nitrogens with zero attached hydrogens (tertiary/aromatic N) is 4. The summed E-state index contributed by atoms with van der Waals surface area (Å²) in [5.41, 5.74) is 1.50. The first kappa shape index (κ1) is 28.1. The first-order valence-electron chi connectivity index (χ1n) is 12.8. The lowest BCUT2D eigenvalue weighted by atomic mass is 10.0. The van der Waals surface area contributed by atoms with Crippen LogP contribution in [0.15, 0.2) is 83.8 Å². The molecular weight excluding hydrogens is 552 g/mol. The van der Waals surface area contributed by atoms with Crippen LogP contribution in [0.3, 0.4) is 0 Å². The molecule has 41 heavy (non-hydrogen) atoms. The molecule has 3 aromatic carbocycles. The molecule has 212 valence electrons. The molecule has 0 unspecified atom stereocenters. The standard InChI is InChI=1S/C29H27F2N5O4S/c1-20(37)33-25-9-5-8-22(14-25)28-27(18-32-36(29(28)38)26-16-23(30)15-24(31)17-26)34-10-12-35(13-11-34)41(39,40)19-21-6-3-2-4-7-21/h2-9,14-18H,10-13,19H2,1H3,(H,33,37). The molecule has 4 aromatic rings. The van der Waals surface area contributed by atoms with Crippen LogP contribution in [0.2, 0.25) is 0 Å². The number of rotatable bonds is 7. The summed E-state index contributed by atoms with van der Waals surface area (Å²) in [6.45, 7) is 2.32. The first-order chi connectivity index (χ1) is 19.6. The predicted octanol–water partition coefficient (Wildman–Crippen LogP) is 3.79. The van der Waals surface area contributed by atoms with Crippen LogP contribution < -0.4 is 15.8 Å². The van der Waals surface area contributed by atoms with Crippen molar-refractivity contribution in [1.29, 1.82) is 0 Å². The molecule has 12 heteroatoms. The Hall–Kier alpha value is -4.42. The number of aromatic nitrogens is 2. The minimum atomic E-state index is -3.57. The minimum absolute atomic E-state index is 0.0878. The van der Waals surface area contributed by atoms with Crippen molar-refractivity contribution in [3.63, 3.8) is 0 Å². The van der Waals surface area contributed by atoms with Gasteiger partial charge in [0.25, 0.3) is 5.56 Å². The minimum Gasteiger partial charge on any atom is -0.367 e. The molecule has 1 N–H and O–H groups in total. The van der Waals surface area contributed by atoms with Crippen LogP contribution in [0, 0.1) is 11.6 Å². The maximum atomic E-state index is 14.0. The van der Waals surface area contributed by atoms with Gasteiger partial charge in [0.15, 0.2) is 0 Å². The third-order valence-corrected chi connectivity index (χ3v) is 8.54. The zero-order valence-electron chi connectivity index (χ0n) is 22.1. The van der Waals surface area contributed by atoms with E-state index in [4.69, 9.17) is 0 Å². The van der Waals surface area contributed by atoms with Gasteiger partial charge >= 0.3 is 0 Å². The van der Waals surface area contributed by atoms with Gasteiger partial charge < -0.3 is 10.2 Å². The van der Waals surface area contributed by atoms with E-state index in [0.29, 0.717) is 28.6 Å². The Morgan fingerprint density at radius 2 is 1.61 bits per heavy atom. The Bertz CT molecular complexity index is 1730. The van der Waals surface area contributed by atoms with Crippen LogP contribution in [0.4, 0.5) is 20.2 Å². The van der Waals surface area contributed by atoms with Crippen molar-refractivity contribution in [3.8, 4) is 16.8 Å². The van der Waals surface area contributed by atoms with Crippen molar-refractivity contribution in [2.24, 2.45) is 0 Å². The fraction of sp³-hybridized carbons (Fsp3) is 0.207. The molecule has 5 rings (SSSR count). The molecule has 1 aliphatic rings. The van der Waals surface area contributed by atoms with E-state index in [9.17, 15) is 26.8 Å². The SMILES string of the molecule is CC(=O)Nc1cccc(-c2c(N3CCN(S(=O)(=O)Cc4ccccc4)CC3)cnn(-c3cc(F)cc(F)c3)c2=O)c1. The van der Waals surface area contributed by atoms with Crippen molar-refractivity contribution in [2.45, 2.75) is 12.7 Å². The summed E-state index contributed by atoms with van der Waals surface area (Å²) >= 11 is 0. The van der Waals surface area contributed by atoms with Crippen LogP contribution in [-0.2, 0) is 20.6 Å². The smallest absolute Gasteiger partial charge is 0.281 e. The molecule has 1 saturated heterocycles. The quantitative estimate of drug-likeness (QED) is 0.357. The van der Waals surface area contributed by atoms with Gasteiger partial charge in [0.2, 0.25) is 15.9 Å². The van der Waals surface area contributed by atoms with Crippen LogP contribution in [0.1, 0.15) is 12.5 Å². The normalized spacial score (nSPS) is 14.2. The molecule has 1 amide bonds. The second-order valence-corrected chi connectivity index (χ2v) is 11.6. The van der Waals surface area contributed by atoms with Gasteiger partial charge in [-0.15, -0.1) is 0 Å². The van der Waals surface area contributed by atoms with E-state index in [2.05, 4.69) is 10.4 Å². The predicted molar refractivity (Wildman–Crippen MR) is 152 cm³/mol. The van der Waals surface area contributed by atoms with E-state index < -0.39 is 27.2 Å². The Labute approximate surface area is 235 Å². The number of hydrogen-bond acceptors (Lipinski definition) is 6. The zero-order chi connectivity index (χ0) is 29.1. The lowest BCUT2D eigenvalue weighted by Crippen LogP contribution is -2.49. The third-order valence-electron chi connectivity index (χ3n) is 6.69. The highest BCUT2D eigenvalue weighted by Crippen LogP contribution is 2.30. The van der Waals surface area contributed by atoms with Gasteiger partial charge in [0, 0.05) is 44.9 Å². The van der Waals surface area contributed by atoms with Crippen LogP contribution in [0.5, 0.6) is 0 Å². The van der Waals surface area contributed by atoms with Gasteiger partial charge in [0.1, 0.15) is 11.6 Å². The summed E-state index contributed by atoms with van der Waals surface area (Å²) in [4.78, 5) is 27.4. The van der Waals surface area contributed by atoms with Gasteiger partial charge in [-0.3, -0.25) is 9.59 Å². The molecule has 9 nitrogen and oxygen atoms in total. The van der Waals surface area contributed by atoms with Crippen molar-refractivity contribution in [1.82, 2.24) is 14.1 Å². The van der Waals surface area contributed by atoms with Crippen LogP contribution in [0.25, 0.3) is 16.8 Å². The van der Waals surface area contributed by atoms with Gasteiger partial charge in [-0.1, -0.05) is 42.5 Å². The molecular formula is C29H27F2N5O4S. The van der Waals surface area contributed by atoms with Gasteiger partial charge in [-0.25, -0.2) is 17.2 Å². The van der Waals surface area contributed by atoms with Gasteiger partial charge in [-0.2, -0.15) is 14.1 Å². The van der Waals surface area contributed by atoms with E-state index in [1.54, 1.807) is 48.5 Å². The zero-order valence-corrected chi connectivity index (χ0v) is 22.9. The lowest BCUT2D eigenvalue weighted by molar-refractivity contribution is -0.114. The molecule has 2 heterocycles. The number of sulfonamides is 1. The van der Waals surface area contributed by atoms with Crippen molar-refractivity contribution >= 4 is 27.3 Å². The largest absolute Gasteiger partial charge is 0.367 e. The van der Waals surface area contributed by atoms with Crippen molar-refractivity contribution in [2.75, 3.05) is 36.4 Å². The molecule has 1 aliphatic heterocycles. The summed E-state index contributed by atoms with van der Waals surface area (Å²) < 4.78 is 56.5. The molecule has 0 aliphatic carbocycles. The number of benzene rings is 3. The number of halogens is 2. The molecule has 0 saturated carbocycles. The topological polar surface area (TPSA) is 105 Å². The Morgan fingerprint density at radius 3 is 2.27 bits per heavy atom. The van der Waals surface area contributed by atoms with E-state index >= 15 is 0 Å². The average Bonchev–Trinajstić information content (AvgIpc) is 2.92. The van der Waals surface area contributed by atoms with E-state index in [1.807, 2.05) is 11.0 Å². The number of piperazine rings is 1. The number of carbonyl (C=O) groups is 1. The number of anilines is 2. The number of amides is 1. The van der Waals surface area contributed by atoms with Crippen molar-refractivity contribution in [3.05, 3.63) is 107 Å². The maximum absolute atomic E-state index is 14.0. The van der Waals surface area contributed by atoms with E-state index in [1.165, 1.54) is 17.4 Å². The molecule has 0 atom stereocenters. The second-order valence-electron chi connectivity index (χ2n) is 9.64. The number of carbonyl (C=O) groups excluding carboxylic acids is 1. The van der Waals surface area contributed by atoms with Crippen molar-refractivity contribution < 1.29 is 22.0 Å². The summed E-state index contributed by atoms with van der Waals surface area (Å²) in [5.74, 6) is -2.13. The summed E-state index contributed by atoms with van der Waals surface area (Å²) in [6.07, 6.45) is 1.43. The van der Waals surface area contributed by atoms with Gasteiger partial charge in [-0.05, 0) is 35.4 Å². The summed E-state index contributed by atoms with van der Waals surface area (Å²) in [6, 6.07) is 18.3. The van der Waals surface area contributed by atoms with E-state index in [-0.39, 0.29) is 49.1 Å². The van der Waals surface area contributed by atoms with Crippen LogP contribution in [-0.4, -0.2) is 54.6 Å². The Kier molecular flexibility index (Phi) is 7.95. The monoisotopic (exact) mass is 579 g/mol. The number of hydrogen-bond donors (Lipinski definition) is 1.